The Morgan fingerprint density at radius 2 is 2.04 bits per heavy atom. The van der Waals surface area contributed by atoms with Gasteiger partial charge in [-0.25, -0.2) is 0 Å². The summed E-state index contributed by atoms with van der Waals surface area (Å²) >= 11 is 0. The minimum Gasteiger partial charge on any atom is -0.388 e. The molecule has 2 N–H and O–H groups in total. The van der Waals surface area contributed by atoms with Gasteiger partial charge in [0.05, 0.1) is 6.61 Å². The van der Waals surface area contributed by atoms with E-state index in [1.165, 1.54) is 0 Å². The number of aliphatic hydroxyl groups is 1. The van der Waals surface area contributed by atoms with Gasteiger partial charge in [-0.05, 0) is 45.8 Å². The summed E-state index contributed by atoms with van der Waals surface area (Å²) in [6.45, 7) is 5.09. The van der Waals surface area contributed by atoms with Crippen LogP contribution in [0.25, 0.3) is 0 Å². The highest BCUT2D eigenvalue weighted by atomic mass is 16.5. The third-order valence-electron chi connectivity index (χ3n) is 5.99. The van der Waals surface area contributed by atoms with Crippen LogP contribution in [-0.4, -0.2) is 70.6 Å². The number of hydrogen-bond acceptors (Lipinski definition) is 6. The van der Waals surface area contributed by atoms with E-state index in [9.17, 15) is 9.90 Å². The fraction of sp³-hybridized carbons (Fsp3) is 0.833. The lowest BCUT2D eigenvalue weighted by molar-refractivity contribution is -0.134. The molecule has 1 saturated carbocycles. The summed E-state index contributed by atoms with van der Waals surface area (Å²) in [6.07, 6.45) is 3.57. The van der Waals surface area contributed by atoms with Gasteiger partial charge in [0.15, 0.2) is 5.82 Å². The molecule has 0 atom stereocenters. The number of piperidine rings is 1. The van der Waals surface area contributed by atoms with Crippen molar-refractivity contribution in [3.63, 3.8) is 0 Å². The van der Waals surface area contributed by atoms with Crippen molar-refractivity contribution in [3.8, 4) is 0 Å². The maximum Gasteiger partial charge on any atom is 0.226 e. The first-order chi connectivity index (χ1) is 12.5. The number of aromatic nitrogens is 3. The topological polar surface area (TPSA) is 92.5 Å². The molecule has 2 heterocycles. The number of methoxy groups -OCH3 is 1. The first-order valence-corrected chi connectivity index (χ1v) is 9.48. The Morgan fingerprint density at radius 1 is 1.35 bits per heavy atom. The minimum absolute atomic E-state index is 0.129. The van der Waals surface area contributed by atoms with Crippen LogP contribution in [0.3, 0.4) is 0 Å². The molecule has 1 aromatic heterocycles. The van der Waals surface area contributed by atoms with Gasteiger partial charge in [0.1, 0.15) is 12.4 Å². The first-order valence-electron chi connectivity index (χ1n) is 9.48. The number of carbonyl (C=O) groups excluding carboxylic acids is 1. The molecule has 2 fully saturated rings. The van der Waals surface area contributed by atoms with E-state index >= 15 is 0 Å². The summed E-state index contributed by atoms with van der Waals surface area (Å²) in [5, 5.41) is 21.0. The van der Waals surface area contributed by atoms with Gasteiger partial charge >= 0.3 is 0 Å². The minimum atomic E-state index is -0.250. The summed E-state index contributed by atoms with van der Waals surface area (Å²) in [7, 11) is 3.76. The van der Waals surface area contributed by atoms with Crippen molar-refractivity contribution >= 4 is 5.91 Å². The van der Waals surface area contributed by atoms with Crippen LogP contribution in [0, 0.1) is 5.41 Å². The molecule has 146 valence electrons. The number of nitrogens with one attached hydrogen (secondary N) is 1. The highest BCUT2D eigenvalue weighted by Crippen LogP contribution is 2.38. The molecular weight excluding hydrogens is 334 g/mol. The van der Waals surface area contributed by atoms with Crippen LogP contribution in [0.1, 0.15) is 50.2 Å². The molecule has 1 saturated heterocycles. The zero-order valence-corrected chi connectivity index (χ0v) is 16.1. The number of ether oxygens (including phenoxy) is 1. The van der Waals surface area contributed by atoms with Crippen LogP contribution < -0.4 is 5.32 Å². The van der Waals surface area contributed by atoms with Crippen LogP contribution >= 0.6 is 0 Å². The van der Waals surface area contributed by atoms with Gasteiger partial charge < -0.3 is 24.6 Å². The van der Waals surface area contributed by atoms with Crippen molar-refractivity contribution in [2.75, 3.05) is 33.9 Å². The van der Waals surface area contributed by atoms with E-state index in [4.69, 9.17) is 4.74 Å². The number of nitrogens with zero attached hydrogens (tertiary/aromatic N) is 4. The second kappa shape index (κ2) is 8.02. The summed E-state index contributed by atoms with van der Waals surface area (Å²) in [5.41, 5.74) is -0.250. The van der Waals surface area contributed by atoms with Crippen molar-refractivity contribution in [1.82, 2.24) is 25.0 Å². The molecule has 0 unspecified atom stereocenters. The Morgan fingerprint density at radius 3 is 2.65 bits per heavy atom. The molecule has 1 aliphatic heterocycles. The largest absolute Gasteiger partial charge is 0.388 e. The van der Waals surface area contributed by atoms with E-state index in [1.807, 2.05) is 4.57 Å². The predicted octanol–water partition coefficient (Wildman–Crippen LogP) is 0.511. The maximum atomic E-state index is 12.7. The highest BCUT2D eigenvalue weighted by molar-refractivity contribution is 5.82. The van der Waals surface area contributed by atoms with Crippen LogP contribution in [0.4, 0.5) is 0 Å². The number of likely N-dealkylation sites (tertiary alicyclic amines) is 1. The third-order valence-corrected chi connectivity index (χ3v) is 5.99. The molecule has 0 spiro atoms. The Labute approximate surface area is 154 Å². The van der Waals surface area contributed by atoms with Crippen molar-refractivity contribution in [2.45, 2.75) is 57.7 Å². The van der Waals surface area contributed by atoms with Crippen molar-refractivity contribution in [1.29, 1.82) is 0 Å². The highest BCUT2D eigenvalue weighted by Gasteiger charge is 2.40. The monoisotopic (exact) mass is 365 g/mol. The van der Waals surface area contributed by atoms with Gasteiger partial charge in [0, 0.05) is 31.0 Å². The van der Waals surface area contributed by atoms with E-state index in [1.54, 1.807) is 7.11 Å². The number of aliphatic hydroxyl groups excluding tert-OH is 1. The van der Waals surface area contributed by atoms with Crippen LogP contribution in [0.15, 0.2) is 0 Å². The summed E-state index contributed by atoms with van der Waals surface area (Å²) in [5.74, 6) is 1.92. The smallest absolute Gasteiger partial charge is 0.226 e. The van der Waals surface area contributed by atoms with Gasteiger partial charge in [0.25, 0.3) is 0 Å². The van der Waals surface area contributed by atoms with E-state index in [-0.39, 0.29) is 29.9 Å². The van der Waals surface area contributed by atoms with E-state index in [2.05, 4.69) is 34.4 Å². The second-order valence-electron chi connectivity index (χ2n) is 7.98. The molecular formula is C18H31N5O3. The van der Waals surface area contributed by atoms with Gasteiger partial charge in [-0.15, -0.1) is 10.2 Å². The normalized spacial score (nSPS) is 25.7. The summed E-state index contributed by atoms with van der Waals surface area (Å²) in [4.78, 5) is 15.0. The molecule has 1 aliphatic carbocycles. The Hall–Kier alpha value is -1.51. The third kappa shape index (κ3) is 3.92. The Kier molecular flexibility index (Phi) is 5.94. The Bertz CT molecular complexity index is 618. The molecule has 0 bridgehead atoms. The predicted molar refractivity (Wildman–Crippen MR) is 96.6 cm³/mol. The fourth-order valence-electron chi connectivity index (χ4n) is 3.84. The van der Waals surface area contributed by atoms with Crippen molar-refractivity contribution in [3.05, 3.63) is 11.6 Å². The van der Waals surface area contributed by atoms with E-state index in [0.29, 0.717) is 19.0 Å². The molecule has 2 aliphatic rings. The number of carbonyl (C=O) groups is 1. The molecule has 3 rings (SSSR count). The standard InChI is InChI=1S/C18H31N5O3/c1-18(4-6-22(2)7-5-18)17(25)19-14-10-13(11-14)16-21-20-15(12-24)23(16)8-9-26-3/h13-14,24H,4-12H2,1-3H3,(H,19,25). The summed E-state index contributed by atoms with van der Waals surface area (Å²) < 4.78 is 7.09. The quantitative estimate of drug-likeness (QED) is 0.731. The molecule has 26 heavy (non-hydrogen) atoms. The molecule has 0 aromatic carbocycles. The van der Waals surface area contributed by atoms with Gasteiger partial charge in [-0.3, -0.25) is 4.79 Å². The van der Waals surface area contributed by atoms with Crippen LogP contribution in [-0.2, 0) is 22.7 Å². The zero-order chi connectivity index (χ0) is 18.7. The number of amides is 1. The van der Waals surface area contributed by atoms with Gasteiger partial charge in [0.2, 0.25) is 5.91 Å². The second-order valence-corrected chi connectivity index (χ2v) is 7.98. The number of rotatable bonds is 7. The van der Waals surface area contributed by atoms with Gasteiger partial charge in [-0.1, -0.05) is 6.92 Å². The SMILES string of the molecule is COCCn1c(CO)nnc1C1CC(NC(=O)C2(C)CCN(C)CC2)C1. The Balaban J connectivity index is 1.54. The lowest BCUT2D eigenvalue weighted by Gasteiger charge is -2.41. The van der Waals surface area contributed by atoms with Crippen LogP contribution in [0.5, 0.6) is 0 Å². The average Bonchev–Trinajstić information content (AvgIpc) is 3.00. The summed E-state index contributed by atoms with van der Waals surface area (Å²) in [6, 6.07) is 0.203. The van der Waals surface area contributed by atoms with Gasteiger partial charge in [-0.2, -0.15) is 0 Å². The zero-order valence-electron chi connectivity index (χ0n) is 16.1. The van der Waals surface area contributed by atoms with E-state index in [0.717, 1.165) is 44.6 Å². The van der Waals surface area contributed by atoms with Crippen molar-refractivity contribution < 1.29 is 14.6 Å². The maximum absolute atomic E-state index is 12.7. The molecule has 8 nitrogen and oxygen atoms in total. The average molecular weight is 365 g/mol. The molecule has 1 amide bonds. The molecule has 8 heteroatoms. The lowest BCUT2D eigenvalue weighted by Crippen LogP contribution is -2.52. The molecule has 1 aromatic rings. The molecule has 0 radical (unpaired) electrons. The number of hydrogen-bond donors (Lipinski definition) is 2. The fourth-order valence-corrected chi connectivity index (χ4v) is 3.84. The van der Waals surface area contributed by atoms with E-state index < -0.39 is 0 Å². The van der Waals surface area contributed by atoms with Crippen molar-refractivity contribution in [2.24, 2.45) is 5.41 Å². The lowest BCUT2D eigenvalue weighted by atomic mass is 9.76. The first kappa shape index (κ1) is 19.3. The van der Waals surface area contributed by atoms with Crippen LogP contribution in [0.2, 0.25) is 0 Å².